The first-order chi connectivity index (χ1) is 15.4. The standard InChI is InChI=1S/C23H22N6O2S/c1-14(2)16-7-9-17(10-8-16)21(30)25-23-20(11-12-32-23)22(31)24-18-5-4-6-19(13-18)29-15(3)26-27-28-29/h4-14H,1-3H3,(H,24,31)(H,25,30). The van der Waals surface area contributed by atoms with Crippen LogP contribution >= 0.6 is 11.3 Å². The number of carbonyl (C=O) groups is 2. The fraction of sp³-hybridized carbons (Fsp3) is 0.174. The molecule has 4 aromatic rings. The number of tetrazole rings is 1. The maximum Gasteiger partial charge on any atom is 0.258 e. The molecule has 0 radical (unpaired) electrons. The van der Waals surface area contributed by atoms with Crippen LogP contribution in [-0.2, 0) is 0 Å². The molecule has 0 saturated carbocycles. The molecule has 2 aromatic heterocycles. The summed E-state index contributed by atoms with van der Waals surface area (Å²) in [6.45, 7) is 6.00. The number of hydrogen-bond donors (Lipinski definition) is 2. The monoisotopic (exact) mass is 446 g/mol. The van der Waals surface area contributed by atoms with E-state index in [0.29, 0.717) is 33.6 Å². The number of anilines is 2. The number of thiophene rings is 1. The minimum Gasteiger partial charge on any atom is -0.322 e. The van der Waals surface area contributed by atoms with Crippen molar-refractivity contribution in [2.45, 2.75) is 26.7 Å². The van der Waals surface area contributed by atoms with Crippen molar-refractivity contribution < 1.29 is 9.59 Å². The van der Waals surface area contributed by atoms with Crippen LogP contribution in [0.15, 0.2) is 60.0 Å². The molecule has 8 nitrogen and oxygen atoms in total. The zero-order valence-electron chi connectivity index (χ0n) is 17.9. The molecule has 9 heteroatoms. The molecule has 2 aromatic carbocycles. The number of nitrogens with zero attached hydrogens (tertiary/aromatic N) is 4. The summed E-state index contributed by atoms with van der Waals surface area (Å²) in [7, 11) is 0. The Kier molecular flexibility index (Phi) is 6.09. The highest BCUT2D eigenvalue weighted by Crippen LogP contribution is 2.26. The van der Waals surface area contributed by atoms with Crippen LogP contribution < -0.4 is 10.6 Å². The zero-order chi connectivity index (χ0) is 22.7. The molecule has 0 aliphatic rings. The molecule has 0 aliphatic heterocycles. The predicted octanol–water partition coefficient (Wildman–Crippen LogP) is 4.66. The minimum absolute atomic E-state index is 0.257. The van der Waals surface area contributed by atoms with E-state index in [1.54, 1.807) is 47.3 Å². The van der Waals surface area contributed by atoms with Gasteiger partial charge >= 0.3 is 0 Å². The first-order valence-corrected chi connectivity index (χ1v) is 11.0. The summed E-state index contributed by atoms with van der Waals surface area (Å²) in [5.41, 5.74) is 3.42. The molecule has 2 N–H and O–H groups in total. The van der Waals surface area contributed by atoms with Crippen molar-refractivity contribution in [3.63, 3.8) is 0 Å². The highest BCUT2D eigenvalue weighted by molar-refractivity contribution is 7.14. The predicted molar refractivity (Wildman–Crippen MR) is 125 cm³/mol. The molecule has 4 rings (SSSR count). The van der Waals surface area contributed by atoms with Crippen LogP contribution in [0.4, 0.5) is 10.7 Å². The van der Waals surface area contributed by atoms with Gasteiger partial charge in [-0.15, -0.1) is 16.4 Å². The molecule has 2 amide bonds. The van der Waals surface area contributed by atoms with Crippen LogP contribution in [0.1, 0.15) is 51.9 Å². The van der Waals surface area contributed by atoms with Gasteiger partial charge in [-0.3, -0.25) is 9.59 Å². The third-order valence-electron chi connectivity index (χ3n) is 4.95. The number of aromatic nitrogens is 4. The van der Waals surface area contributed by atoms with Gasteiger partial charge in [-0.25, -0.2) is 0 Å². The van der Waals surface area contributed by atoms with E-state index in [0.717, 1.165) is 11.3 Å². The van der Waals surface area contributed by atoms with Gasteiger partial charge in [0.25, 0.3) is 11.8 Å². The van der Waals surface area contributed by atoms with Gasteiger partial charge in [-0.2, -0.15) is 4.68 Å². The lowest BCUT2D eigenvalue weighted by atomic mass is 10.0. The van der Waals surface area contributed by atoms with Crippen molar-refractivity contribution in [3.05, 3.63) is 82.5 Å². The third kappa shape index (κ3) is 4.57. The van der Waals surface area contributed by atoms with Crippen molar-refractivity contribution in [2.24, 2.45) is 0 Å². The molecule has 0 atom stereocenters. The Morgan fingerprint density at radius 3 is 2.47 bits per heavy atom. The average Bonchev–Trinajstić information content (AvgIpc) is 3.42. The van der Waals surface area contributed by atoms with Crippen LogP contribution in [0.5, 0.6) is 0 Å². The normalized spacial score (nSPS) is 10.9. The molecule has 32 heavy (non-hydrogen) atoms. The van der Waals surface area contributed by atoms with E-state index in [2.05, 4.69) is 40.0 Å². The van der Waals surface area contributed by atoms with Gasteiger partial charge in [0, 0.05) is 11.3 Å². The lowest BCUT2D eigenvalue weighted by molar-refractivity contribution is 0.102. The highest BCUT2D eigenvalue weighted by Gasteiger charge is 2.17. The highest BCUT2D eigenvalue weighted by atomic mass is 32.1. The van der Waals surface area contributed by atoms with Crippen LogP contribution in [0.2, 0.25) is 0 Å². The quantitative estimate of drug-likeness (QED) is 0.448. The summed E-state index contributed by atoms with van der Waals surface area (Å²) in [5.74, 6) is 0.455. The fourth-order valence-electron chi connectivity index (χ4n) is 3.16. The number of carbonyl (C=O) groups excluding carboxylic acids is 2. The summed E-state index contributed by atoms with van der Waals surface area (Å²) in [4.78, 5) is 25.6. The van der Waals surface area contributed by atoms with Crippen LogP contribution in [0, 0.1) is 6.92 Å². The maximum absolute atomic E-state index is 12.9. The molecule has 0 bridgehead atoms. The lowest BCUT2D eigenvalue weighted by Crippen LogP contribution is -2.17. The molecule has 0 aliphatic carbocycles. The number of aryl methyl sites for hydroxylation is 1. The van der Waals surface area contributed by atoms with Gasteiger partial charge in [-0.1, -0.05) is 32.0 Å². The van der Waals surface area contributed by atoms with Gasteiger partial charge in [0.05, 0.1) is 11.3 Å². The summed E-state index contributed by atoms with van der Waals surface area (Å²) < 4.78 is 1.58. The Morgan fingerprint density at radius 1 is 1.00 bits per heavy atom. The Hall–Kier alpha value is -3.85. The number of hydrogen-bond acceptors (Lipinski definition) is 6. The molecular weight excluding hydrogens is 424 g/mol. The molecule has 0 spiro atoms. The van der Waals surface area contributed by atoms with Gasteiger partial charge in [0.15, 0.2) is 5.82 Å². The van der Waals surface area contributed by atoms with E-state index in [4.69, 9.17) is 0 Å². The lowest BCUT2D eigenvalue weighted by Gasteiger charge is -2.10. The Bertz CT molecular complexity index is 1260. The second-order valence-electron chi connectivity index (χ2n) is 7.54. The second kappa shape index (κ2) is 9.11. The molecule has 0 saturated heterocycles. The Labute approximate surface area is 189 Å². The van der Waals surface area contributed by atoms with Crippen LogP contribution in [-0.4, -0.2) is 32.0 Å². The van der Waals surface area contributed by atoms with Gasteiger partial charge in [-0.05, 0) is 70.6 Å². The number of amides is 2. The van der Waals surface area contributed by atoms with Crippen molar-refractivity contribution in [2.75, 3.05) is 10.6 Å². The Balaban J connectivity index is 1.48. The number of benzene rings is 2. The van der Waals surface area contributed by atoms with E-state index in [1.807, 2.05) is 24.3 Å². The molecule has 162 valence electrons. The third-order valence-corrected chi connectivity index (χ3v) is 5.78. The SMILES string of the molecule is Cc1nnnn1-c1cccc(NC(=O)c2ccsc2NC(=O)c2ccc(C(C)C)cc2)c1. The van der Waals surface area contributed by atoms with Crippen LogP contribution in [0.25, 0.3) is 5.69 Å². The van der Waals surface area contributed by atoms with Gasteiger partial charge in [0.1, 0.15) is 5.00 Å². The molecule has 2 heterocycles. The van der Waals surface area contributed by atoms with Crippen molar-refractivity contribution in [1.29, 1.82) is 0 Å². The largest absolute Gasteiger partial charge is 0.322 e. The summed E-state index contributed by atoms with van der Waals surface area (Å²) >= 11 is 1.30. The number of rotatable bonds is 6. The maximum atomic E-state index is 12.9. The summed E-state index contributed by atoms with van der Waals surface area (Å²) in [6.07, 6.45) is 0. The first-order valence-electron chi connectivity index (χ1n) is 10.1. The smallest absolute Gasteiger partial charge is 0.258 e. The zero-order valence-corrected chi connectivity index (χ0v) is 18.7. The van der Waals surface area contributed by atoms with Gasteiger partial charge in [0.2, 0.25) is 0 Å². The van der Waals surface area contributed by atoms with E-state index < -0.39 is 0 Å². The molecular formula is C23H22N6O2S. The van der Waals surface area contributed by atoms with E-state index in [-0.39, 0.29) is 11.8 Å². The molecule has 0 fully saturated rings. The first kappa shape index (κ1) is 21.4. The van der Waals surface area contributed by atoms with E-state index in [9.17, 15) is 9.59 Å². The van der Waals surface area contributed by atoms with E-state index >= 15 is 0 Å². The summed E-state index contributed by atoms with van der Waals surface area (Å²) in [6, 6.07) is 16.4. The minimum atomic E-state index is -0.317. The number of nitrogens with one attached hydrogen (secondary N) is 2. The fourth-order valence-corrected chi connectivity index (χ4v) is 3.94. The topological polar surface area (TPSA) is 102 Å². The van der Waals surface area contributed by atoms with Crippen molar-refractivity contribution in [1.82, 2.24) is 20.2 Å². The average molecular weight is 447 g/mol. The van der Waals surface area contributed by atoms with Crippen molar-refractivity contribution in [3.8, 4) is 5.69 Å². The van der Waals surface area contributed by atoms with Gasteiger partial charge < -0.3 is 10.6 Å². The van der Waals surface area contributed by atoms with E-state index in [1.165, 1.54) is 11.3 Å². The summed E-state index contributed by atoms with van der Waals surface area (Å²) in [5, 5.41) is 19.5. The Morgan fingerprint density at radius 2 is 1.78 bits per heavy atom. The van der Waals surface area contributed by atoms with Crippen LogP contribution in [0.3, 0.4) is 0 Å². The molecule has 0 unspecified atom stereocenters. The second-order valence-corrected chi connectivity index (χ2v) is 8.45. The van der Waals surface area contributed by atoms with Crippen molar-refractivity contribution >= 4 is 33.8 Å².